The van der Waals surface area contributed by atoms with E-state index in [-0.39, 0.29) is 12.8 Å². The van der Waals surface area contributed by atoms with Crippen LogP contribution in [0.2, 0.25) is 0 Å². The lowest BCUT2D eigenvalue weighted by atomic mass is 9.98. The molecule has 1 saturated heterocycles. The highest BCUT2D eigenvalue weighted by molar-refractivity contribution is 5.80. The van der Waals surface area contributed by atoms with Crippen molar-refractivity contribution in [2.75, 3.05) is 13.2 Å². The molecule has 9 unspecified atom stereocenters. The van der Waals surface area contributed by atoms with Crippen molar-refractivity contribution >= 4 is 5.91 Å². The Labute approximate surface area is 404 Å². The van der Waals surface area contributed by atoms with Gasteiger partial charge in [0, 0.05) is 0 Å². The van der Waals surface area contributed by atoms with E-state index in [1.54, 1.807) is 0 Å². The molecular formula is C55H105NO10. The molecule has 0 aliphatic carbocycles. The van der Waals surface area contributed by atoms with Crippen LogP contribution in [0.15, 0.2) is 24.3 Å². The average Bonchev–Trinajstić information content (AvgIpc) is 3.32. The van der Waals surface area contributed by atoms with Gasteiger partial charge >= 0.3 is 0 Å². The Bertz CT molecular complexity index is 1120. The third kappa shape index (κ3) is 33.2. The minimum absolute atomic E-state index is 0.249. The number of rotatable bonds is 47. The van der Waals surface area contributed by atoms with Crippen LogP contribution in [0.3, 0.4) is 0 Å². The van der Waals surface area contributed by atoms with Gasteiger partial charge in [-0.05, 0) is 51.4 Å². The van der Waals surface area contributed by atoms with Crippen LogP contribution >= 0.6 is 0 Å². The van der Waals surface area contributed by atoms with E-state index in [4.69, 9.17) is 9.47 Å². The van der Waals surface area contributed by atoms with Gasteiger partial charge in [-0.25, -0.2) is 0 Å². The second kappa shape index (κ2) is 44.8. The van der Waals surface area contributed by atoms with Crippen LogP contribution in [0.4, 0.5) is 0 Å². The molecule has 1 rings (SSSR count). The second-order valence-electron chi connectivity index (χ2n) is 19.6. The van der Waals surface area contributed by atoms with Crippen LogP contribution in [-0.4, -0.2) is 110 Å². The van der Waals surface area contributed by atoms with Crippen LogP contribution < -0.4 is 5.32 Å². The fourth-order valence-corrected chi connectivity index (χ4v) is 8.93. The lowest BCUT2D eigenvalue weighted by molar-refractivity contribution is -0.303. The van der Waals surface area contributed by atoms with Crippen LogP contribution in [0, 0.1) is 0 Å². The topological polar surface area (TPSA) is 189 Å². The highest BCUT2D eigenvalue weighted by Gasteiger charge is 2.44. The predicted octanol–water partition coefficient (Wildman–Crippen LogP) is 11.0. The summed E-state index contributed by atoms with van der Waals surface area (Å²) in [5.74, 6) is -0.707. The molecule has 11 heteroatoms. The Morgan fingerprint density at radius 1 is 0.515 bits per heavy atom. The zero-order valence-electron chi connectivity index (χ0n) is 42.4. The Morgan fingerprint density at radius 2 is 0.909 bits per heavy atom. The number of carbonyl (C=O) groups excluding carboxylic acids is 1. The molecule has 1 fully saturated rings. The fraction of sp³-hybridized carbons (Fsp3) is 0.909. The first-order chi connectivity index (χ1) is 32.2. The highest BCUT2D eigenvalue weighted by Crippen LogP contribution is 2.23. The van der Waals surface area contributed by atoms with Crippen LogP contribution in [-0.2, 0) is 14.3 Å². The van der Waals surface area contributed by atoms with Gasteiger partial charge in [-0.1, -0.05) is 224 Å². The van der Waals surface area contributed by atoms with Crippen molar-refractivity contribution in [3.8, 4) is 0 Å². The summed E-state index contributed by atoms with van der Waals surface area (Å²) in [6.45, 7) is 3.46. The molecule has 0 aromatic carbocycles. The number of aliphatic hydroxyl groups excluding tert-OH is 7. The maximum Gasteiger partial charge on any atom is 0.249 e. The Balaban J connectivity index is 2.38. The molecule has 0 spiro atoms. The molecule has 0 radical (unpaired) electrons. The Hall–Kier alpha value is -1.41. The molecule has 8 N–H and O–H groups in total. The zero-order valence-corrected chi connectivity index (χ0v) is 42.4. The van der Waals surface area contributed by atoms with E-state index >= 15 is 0 Å². The summed E-state index contributed by atoms with van der Waals surface area (Å²) in [7, 11) is 0. The van der Waals surface area contributed by atoms with Gasteiger partial charge in [0.1, 0.15) is 36.6 Å². The van der Waals surface area contributed by atoms with E-state index in [1.807, 2.05) is 0 Å². The molecule has 66 heavy (non-hydrogen) atoms. The number of hydrogen-bond acceptors (Lipinski definition) is 10. The molecule has 1 aliphatic rings. The second-order valence-corrected chi connectivity index (χ2v) is 19.6. The van der Waals surface area contributed by atoms with Crippen LogP contribution in [0.25, 0.3) is 0 Å². The zero-order chi connectivity index (χ0) is 48.3. The summed E-state index contributed by atoms with van der Waals surface area (Å²) in [6, 6.07) is -1.19. The number of nitrogens with one attached hydrogen (secondary N) is 1. The average molecular weight is 940 g/mol. The summed E-state index contributed by atoms with van der Waals surface area (Å²) < 4.78 is 11.1. The van der Waals surface area contributed by atoms with E-state index < -0.39 is 74.2 Å². The summed E-state index contributed by atoms with van der Waals surface area (Å²) in [5, 5.41) is 76.0. The molecule has 1 aliphatic heterocycles. The third-order valence-electron chi connectivity index (χ3n) is 13.5. The first-order valence-corrected chi connectivity index (χ1v) is 27.7. The maximum absolute atomic E-state index is 13.1. The van der Waals surface area contributed by atoms with Gasteiger partial charge in [-0.2, -0.15) is 0 Å². The van der Waals surface area contributed by atoms with Gasteiger partial charge in [-0.3, -0.25) is 4.79 Å². The first-order valence-electron chi connectivity index (χ1n) is 27.7. The van der Waals surface area contributed by atoms with E-state index in [1.165, 1.54) is 167 Å². The number of ether oxygens (including phenoxy) is 2. The van der Waals surface area contributed by atoms with Gasteiger partial charge in [0.05, 0.1) is 25.4 Å². The van der Waals surface area contributed by atoms with Crippen molar-refractivity contribution in [1.82, 2.24) is 5.32 Å². The van der Waals surface area contributed by atoms with E-state index in [2.05, 4.69) is 43.5 Å². The highest BCUT2D eigenvalue weighted by atomic mass is 16.7. The summed E-state index contributed by atoms with van der Waals surface area (Å²) in [5.41, 5.74) is 0. The van der Waals surface area contributed by atoms with Crippen molar-refractivity contribution in [2.45, 2.75) is 306 Å². The van der Waals surface area contributed by atoms with Crippen molar-refractivity contribution < 1.29 is 50.0 Å². The molecular weight excluding hydrogens is 835 g/mol. The minimum Gasteiger partial charge on any atom is -0.394 e. The normalized spacial score (nSPS) is 20.9. The number of hydrogen-bond donors (Lipinski definition) is 8. The molecule has 0 saturated carbocycles. The molecule has 0 bridgehead atoms. The van der Waals surface area contributed by atoms with Gasteiger partial charge < -0.3 is 50.5 Å². The number of amides is 1. The van der Waals surface area contributed by atoms with Gasteiger partial charge in [0.2, 0.25) is 5.91 Å². The van der Waals surface area contributed by atoms with Crippen molar-refractivity contribution in [1.29, 1.82) is 0 Å². The summed E-state index contributed by atoms with van der Waals surface area (Å²) in [4.78, 5) is 13.1. The SMILES string of the molecule is CCCCCCCCCCCCCC/C=C/CC/C=C/CCCC(O)C(O)C(COC1OC(CO)C(O)C(O)C1O)NC(=O)C(O)CCCCCCCCCCCCCCCCCCCC. The van der Waals surface area contributed by atoms with E-state index in [9.17, 15) is 40.5 Å². The number of aliphatic hydroxyl groups is 7. The lowest BCUT2D eigenvalue weighted by Gasteiger charge is -2.40. The monoisotopic (exact) mass is 940 g/mol. The first kappa shape index (κ1) is 62.6. The molecule has 0 aromatic rings. The van der Waals surface area contributed by atoms with Crippen LogP contribution in [0.5, 0.6) is 0 Å². The van der Waals surface area contributed by atoms with Crippen LogP contribution in [0.1, 0.15) is 251 Å². The standard InChI is InChI=1S/C55H105NO10/c1-3-5-7-9-11-13-15-17-19-21-23-24-25-27-28-30-32-34-36-38-40-42-47(58)50(60)46(45-65-55-53(63)52(62)51(61)49(44-57)66-55)56-54(64)48(59)43-41-39-37-35-33-31-29-26-22-20-18-16-14-12-10-8-6-4-2/h27-28,34,36,46-53,55,57-63H,3-26,29-33,35,37-45H2,1-2H3,(H,56,64)/b28-27+,36-34+. The smallest absolute Gasteiger partial charge is 0.249 e. The maximum atomic E-state index is 13.1. The van der Waals surface area contributed by atoms with E-state index in [0.29, 0.717) is 19.3 Å². The third-order valence-corrected chi connectivity index (χ3v) is 13.5. The number of allylic oxidation sites excluding steroid dienone is 4. The molecule has 9 atom stereocenters. The van der Waals surface area contributed by atoms with Crippen molar-refractivity contribution in [2.24, 2.45) is 0 Å². The Kier molecular flexibility index (Phi) is 42.5. The van der Waals surface area contributed by atoms with Gasteiger partial charge in [0.25, 0.3) is 0 Å². The van der Waals surface area contributed by atoms with E-state index in [0.717, 1.165) is 38.5 Å². The molecule has 1 amide bonds. The number of carbonyl (C=O) groups is 1. The van der Waals surface area contributed by atoms with Crippen molar-refractivity contribution in [3.63, 3.8) is 0 Å². The largest absolute Gasteiger partial charge is 0.394 e. The molecule has 390 valence electrons. The summed E-state index contributed by atoms with van der Waals surface area (Å²) >= 11 is 0. The fourth-order valence-electron chi connectivity index (χ4n) is 8.93. The lowest BCUT2D eigenvalue weighted by Crippen LogP contribution is -2.60. The molecule has 11 nitrogen and oxygen atoms in total. The molecule has 0 aromatic heterocycles. The minimum atomic E-state index is -1.67. The Morgan fingerprint density at radius 3 is 1.35 bits per heavy atom. The van der Waals surface area contributed by atoms with Crippen molar-refractivity contribution in [3.05, 3.63) is 24.3 Å². The van der Waals surface area contributed by atoms with Gasteiger partial charge in [-0.15, -0.1) is 0 Å². The number of unbranched alkanes of at least 4 members (excludes halogenated alkanes) is 31. The predicted molar refractivity (Wildman–Crippen MR) is 270 cm³/mol. The quantitative estimate of drug-likeness (QED) is 0.0215. The van der Waals surface area contributed by atoms with Gasteiger partial charge in [0.15, 0.2) is 6.29 Å². The molecule has 1 heterocycles. The summed E-state index contributed by atoms with van der Waals surface area (Å²) in [6.07, 6.45) is 40.8.